The molecule has 0 radical (unpaired) electrons. The van der Waals surface area contributed by atoms with Crippen molar-refractivity contribution in [2.75, 3.05) is 6.54 Å². The van der Waals surface area contributed by atoms with Crippen molar-refractivity contribution in [2.24, 2.45) is 0 Å². The summed E-state index contributed by atoms with van der Waals surface area (Å²) in [6.07, 6.45) is 0. The van der Waals surface area contributed by atoms with Gasteiger partial charge in [0.25, 0.3) is 5.91 Å². The Bertz CT molecular complexity index is 1090. The van der Waals surface area contributed by atoms with Gasteiger partial charge in [0.15, 0.2) is 5.54 Å². The van der Waals surface area contributed by atoms with Crippen LogP contribution in [0.1, 0.15) is 18.2 Å². The maximum absolute atomic E-state index is 13.0. The number of furan rings is 1. The molecule has 1 fully saturated rings. The van der Waals surface area contributed by atoms with E-state index in [-0.39, 0.29) is 13.1 Å². The molecule has 1 aromatic heterocycles. The molecule has 7 nitrogen and oxygen atoms in total. The number of urea groups is 1. The molecule has 2 heterocycles. The number of amides is 4. The van der Waals surface area contributed by atoms with Crippen molar-refractivity contribution in [3.8, 4) is 0 Å². The fourth-order valence-electron chi connectivity index (χ4n) is 3.28. The number of halogens is 1. The summed E-state index contributed by atoms with van der Waals surface area (Å²) in [5, 5.41) is 6.71. The number of hydrogen-bond donors (Lipinski definition) is 2. The Hall–Kier alpha value is -3.32. The Morgan fingerprint density at radius 2 is 1.97 bits per heavy atom. The Morgan fingerprint density at radius 1 is 1.17 bits per heavy atom. The Balaban J connectivity index is 1.46. The molecule has 29 heavy (non-hydrogen) atoms. The first-order valence-electron chi connectivity index (χ1n) is 9.01. The first-order chi connectivity index (χ1) is 13.9. The van der Waals surface area contributed by atoms with Crippen molar-refractivity contribution >= 4 is 40.4 Å². The molecule has 1 aliphatic heterocycles. The summed E-state index contributed by atoms with van der Waals surface area (Å²) in [7, 11) is 0. The van der Waals surface area contributed by atoms with Crippen LogP contribution in [0.4, 0.5) is 4.79 Å². The molecule has 1 saturated heterocycles. The molecular formula is C21H18ClN3O4. The zero-order chi connectivity index (χ0) is 20.6. The van der Waals surface area contributed by atoms with Gasteiger partial charge in [-0.1, -0.05) is 41.9 Å². The Morgan fingerprint density at radius 3 is 2.72 bits per heavy atom. The van der Waals surface area contributed by atoms with Crippen molar-refractivity contribution in [1.82, 2.24) is 15.5 Å². The van der Waals surface area contributed by atoms with Crippen LogP contribution in [0.5, 0.6) is 0 Å². The van der Waals surface area contributed by atoms with Gasteiger partial charge in [-0.05, 0) is 36.8 Å². The van der Waals surface area contributed by atoms with E-state index in [0.29, 0.717) is 16.4 Å². The van der Waals surface area contributed by atoms with Crippen LogP contribution in [-0.2, 0) is 21.7 Å². The molecule has 4 amide bonds. The van der Waals surface area contributed by atoms with E-state index in [1.807, 2.05) is 24.3 Å². The summed E-state index contributed by atoms with van der Waals surface area (Å²) in [6, 6.07) is 15.5. The first-order valence-corrected chi connectivity index (χ1v) is 9.39. The number of carbonyl (C=O) groups excluding carboxylic acids is 3. The van der Waals surface area contributed by atoms with E-state index < -0.39 is 23.4 Å². The van der Waals surface area contributed by atoms with E-state index >= 15 is 0 Å². The summed E-state index contributed by atoms with van der Waals surface area (Å²) >= 11 is 5.93. The molecule has 0 bridgehead atoms. The van der Waals surface area contributed by atoms with Gasteiger partial charge in [0.1, 0.15) is 17.9 Å². The number of para-hydroxylation sites is 1. The second-order valence-corrected chi connectivity index (χ2v) is 7.44. The molecule has 8 heteroatoms. The SMILES string of the molecule is CC1(c2cc3ccccc3o2)NC(=O)N(CC(=O)NCc2cccc(Cl)c2)C1=O. The number of carbonyl (C=O) groups is 3. The van der Waals surface area contributed by atoms with E-state index in [4.69, 9.17) is 16.0 Å². The maximum Gasteiger partial charge on any atom is 0.325 e. The molecular weight excluding hydrogens is 394 g/mol. The molecule has 148 valence electrons. The maximum atomic E-state index is 13.0. The number of nitrogens with one attached hydrogen (secondary N) is 2. The van der Waals surface area contributed by atoms with Gasteiger partial charge in [-0.2, -0.15) is 0 Å². The molecule has 0 aliphatic carbocycles. The quantitative estimate of drug-likeness (QED) is 0.631. The molecule has 0 spiro atoms. The monoisotopic (exact) mass is 411 g/mol. The van der Waals surface area contributed by atoms with E-state index in [2.05, 4.69) is 10.6 Å². The molecule has 2 aromatic carbocycles. The number of hydrogen-bond acceptors (Lipinski definition) is 4. The molecule has 2 N–H and O–H groups in total. The van der Waals surface area contributed by atoms with E-state index in [1.165, 1.54) is 0 Å². The van der Waals surface area contributed by atoms with Gasteiger partial charge in [0.05, 0.1) is 0 Å². The minimum atomic E-state index is -1.37. The fourth-order valence-corrected chi connectivity index (χ4v) is 3.50. The van der Waals surface area contributed by atoms with E-state index in [0.717, 1.165) is 15.8 Å². The number of imide groups is 1. The van der Waals surface area contributed by atoms with Crippen molar-refractivity contribution in [2.45, 2.75) is 19.0 Å². The third kappa shape index (κ3) is 3.56. The lowest BCUT2D eigenvalue weighted by Crippen LogP contribution is -2.43. The predicted molar refractivity (Wildman–Crippen MR) is 107 cm³/mol. The van der Waals surface area contributed by atoms with Crippen LogP contribution in [0.2, 0.25) is 5.02 Å². The van der Waals surface area contributed by atoms with Gasteiger partial charge in [-0.15, -0.1) is 0 Å². The smallest absolute Gasteiger partial charge is 0.325 e. The summed E-state index contributed by atoms with van der Waals surface area (Å²) in [6.45, 7) is 1.42. The van der Waals surface area contributed by atoms with Crippen molar-refractivity contribution in [3.05, 3.63) is 70.9 Å². The highest BCUT2D eigenvalue weighted by molar-refractivity contribution is 6.30. The highest BCUT2D eigenvalue weighted by atomic mass is 35.5. The topological polar surface area (TPSA) is 91.7 Å². The number of benzene rings is 2. The van der Waals surface area contributed by atoms with Gasteiger partial charge in [0.2, 0.25) is 5.91 Å². The number of rotatable bonds is 5. The molecule has 1 atom stereocenters. The van der Waals surface area contributed by atoms with E-state index in [9.17, 15) is 14.4 Å². The summed E-state index contributed by atoms with van der Waals surface area (Å²) in [5.41, 5.74) is 0.0576. The zero-order valence-electron chi connectivity index (χ0n) is 15.6. The van der Waals surface area contributed by atoms with Gasteiger partial charge < -0.3 is 15.1 Å². The average molecular weight is 412 g/mol. The van der Waals surface area contributed by atoms with Crippen LogP contribution in [-0.4, -0.2) is 29.3 Å². The summed E-state index contributed by atoms with van der Waals surface area (Å²) in [4.78, 5) is 38.5. The van der Waals surface area contributed by atoms with Crippen LogP contribution in [0, 0.1) is 0 Å². The van der Waals surface area contributed by atoms with Crippen LogP contribution < -0.4 is 10.6 Å². The number of nitrogens with zero attached hydrogens (tertiary/aromatic N) is 1. The van der Waals surface area contributed by atoms with Crippen LogP contribution in [0.3, 0.4) is 0 Å². The van der Waals surface area contributed by atoms with Gasteiger partial charge in [-0.25, -0.2) is 4.79 Å². The van der Waals surface area contributed by atoms with E-state index in [1.54, 1.807) is 37.3 Å². The van der Waals surface area contributed by atoms with Crippen molar-refractivity contribution < 1.29 is 18.8 Å². The normalized spacial score (nSPS) is 18.9. The molecule has 3 aromatic rings. The average Bonchev–Trinajstić information content (AvgIpc) is 3.22. The van der Waals surface area contributed by atoms with Crippen molar-refractivity contribution in [1.29, 1.82) is 0 Å². The Labute approximate surface area is 171 Å². The molecule has 4 rings (SSSR count). The minimum absolute atomic E-state index is 0.240. The molecule has 1 unspecified atom stereocenters. The zero-order valence-corrected chi connectivity index (χ0v) is 16.3. The van der Waals surface area contributed by atoms with Gasteiger partial charge in [-0.3, -0.25) is 14.5 Å². The molecule has 1 aliphatic rings. The second kappa shape index (κ2) is 7.25. The summed E-state index contributed by atoms with van der Waals surface area (Å²) in [5.74, 6) is -0.680. The van der Waals surface area contributed by atoms with Crippen LogP contribution in [0.15, 0.2) is 59.0 Å². The first kappa shape index (κ1) is 19.0. The lowest BCUT2D eigenvalue weighted by Gasteiger charge is -2.18. The van der Waals surface area contributed by atoms with Crippen LogP contribution >= 0.6 is 11.6 Å². The third-order valence-electron chi connectivity index (χ3n) is 4.87. The summed E-state index contributed by atoms with van der Waals surface area (Å²) < 4.78 is 5.77. The largest absolute Gasteiger partial charge is 0.458 e. The second-order valence-electron chi connectivity index (χ2n) is 7.00. The Kier molecular flexibility index (Phi) is 4.76. The van der Waals surface area contributed by atoms with Gasteiger partial charge >= 0.3 is 6.03 Å². The van der Waals surface area contributed by atoms with Gasteiger partial charge in [0, 0.05) is 17.0 Å². The van der Waals surface area contributed by atoms with Crippen molar-refractivity contribution in [3.63, 3.8) is 0 Å². The third-order valence-corrected chi connectivity index (χ3v) is 5.11. The molecule has 0 saturated carbocycles. The van der Waals surface area contributed by atoms with Crippen LogP contribution in [0.25, 0.3) is 11.0 Å². The minimum Gasteiger partial charge on any atom is -0.458 e. The fraction of sp³-hybridized carbons (Fsp3) is 0.190. The lowest BCUT2D eigenvalue weighted by molar-refractivity contribution is -0.135. The highest BCUT2D eigenvalue weighted by Gasteiger charge is 2.51. The lowest BCUT2D eigenvalue weighted by atomic mass is 9.99. The number of fused-ring (bicyclic) bond motifs is 1. The highest BCUT2D eigenvalue weighted by Crippen LogP contribution is 2.32. The predicted octanol–water partition coefficient (Wildman–Crippen LogP) is 3.17. The standard InChI is InChI=1S/C21H18ClN3O4/c1-21(17-10-14-6-2-3-8-16(14)29-17)19(27)25(20(28)24-21)12-18(26)23-11-13-5-4-7-15(22)9-13/h2-10H,11-12H2,1H3,(H,23,26)(H,24,28).